The second-order valence-electron chi connectivity index (χ2n) is 8.06. The van der Waals surface area contributed by atoms with E-state index < -0.39 is 18.0 Å². The molecule has 1 N–H and O–H groups in total. The van der Waals surface area contributed by atoms with E-state index in [1.165, 1.54) is 26.2 Å². The number of esters is 1. The summed E-state index contributed by atoms with van der Waals surface area (Å²) in [7, 11) is 1.50. The van der Waals surface area contributed by atoms with Crippen LogP contribution < -0.4 is 19.5 Å². The molecule has 0 saturated carbocycles. The van der Waals surface area contributed by atoms with Gasteiger partial charge in [-0.15, -0.1) is 0 Å². The first-order valence-electron chi connectivity index (χ1n) is 11.7. The molecule has 1 heterocycles. The van der Waals surface area contributed by atoms with Crippen molar-refractivity contribution in [1.29, 1.82) is 0 Å². The highest BCUT2D eigenvalue weighted by molar-refractivity contribution is 5.98. The van der Waals surface area contributed by atoms with E-state index in [2.05, 4.69) is 5.32 Å². The van der Waals surface area contributed by atoms with E-state index in [4.69, 9.17) is 18.9 Å². The van der Waals surface area contributed by atoms with Crippen LogP contribution in [-0.4, -0.2) is 62.2 Å². The topological polar surface area (TPSA) is 103 Å². The van der Waals surface area contributed by atoms with Gasteiger partial charge in [-0.05, 0) is 63.4 Å². The van der Waals surface area contributed by atoms with Crippen LogP contribution in [0.5, 0.6) is 17.2 Å². The largest absolute Gasteiger partial charge is 0.495 e. The van der Waals surface area contributed by atoms with Gasteiger partial charge in [0.1, 0.15) is 5.75 Å². The van der Waals surface area contributed by atoms with E-state index in [9.17, 15) is 14.4 Å². The van der Waals surface area contributed by atoms with Gasteiger partial charge in [0.25, 0.3) is 11.8 Å². The van der Waals surface area contributed by atoms with E-state index in [1.54, 1.807) is 42.2 Å². The molecule has 0 aliphatic carbocycles. The molecule has 9 heteroatoms. The molecule has 2 aromatic rings. The Morgan fingerprint density at radius 3 is 2.43 bits per heavy atom. The van der Waals surface area contributed by atoms with Crippen LogP contribution in [0, 0.1) is 0 Å². The average Bonchev–Trinajstić information content (AvgIpc) is 2.88. The van der Waals surface area contributed by atoms with Gasteiger partial charge in [0.15, 0.2) is 24.2 Å². The Hall–Kier alpha value is -3.75. The average molecular weight is 485 g/mol. The van der Waals surface area contributed by atoms with Gasteiger partial charge in [-0.1, -0.05) is 12.1 Å². The maximum atomic E-state index is 12.7. The molecule has 1 aliphatic rings. The Balaban J connectivity index is 1.61. The van der Waals surface area contributed by atoms with Gasteiger partial charge < -0.3 is 29.2 Å². The fourth-order valence-electron chi connectivity index (χ4n) is 3.66. The number of piperidine rings is 1. The molecule has 1 fully saturated rings. The SMILES string of the molecule is CCOc1cc(C(=O)OC(C)C(=O)Nc2ccccc2OC)ccc1OCC(=O)N1CCCCC1. The van der Waals surface area contributed by atoms with Crippen molar-refractivity contribution in [3.8, 4) is 17.2 Å². The van der Waals surface area contributed by atoms with Crippen molar-refractivity contribution < 1.29 is 33.3 Å². The number of carbonyl (C=O) groups is 3. The van der Waals surface area contributed by atoms with E-state index >= 15 is 0 Å². The highest BCUT2D eigenvalue weighted by atomic mass is 16.5. The second-order valence-corrected chi connectivity index (χ2v) is 8.06. The van der Waals surface area contributed by atoms with Crippen LogP contribution in [0.4, 0.5) is 5.69 Å². The zero-order valence-corrected chi connectivity index (χ0v) is 20.4. The van der Waals surface area contributed by atoms with E-state index in [0.717, 1.165) is 32.4 Å². The molecule has 0 radical (unpaired) electrons. The third-order valence-corrected chi connectivity index (χ3v) is 5.56. The first kappa shape index (κ1) is 25.9. The molecular weight excluding hydrogens is 452 g/mol. The lowest BCUT2D eigenvalue weighted by atomic mass is 10.1. The molecule has 3 rings (SSSR count). The first-order chi connectivity index (χ1) is 16.9. The molecule has 0 bridgehead atoms. The maximum absolute atomic E-state index is 12.7. The van der Waals surface area contributed by atoms with E-state index in [1.807, 2.05) is 0 Å². The lowest BCUT2D eigenvalue weighted by Crippen LogP contribution is -2.38. The monoisotopic (exact) mass is 484 g/mol. The number of nitrogens with one attached hydrogen (secondary N) is 1. The molecule has 188 valence electrons. The maximum Gasteiger partial charge on any atom is 0.339 e. The van der Waals surface area contributed by atoms with Gasteiger partial charge in [0, 0.05) is 13.1 Å². The van der Waals surface area contributed by atoms with Crippen LogP contribution in [0.3, 0.4) is 0 Å². The number of carbonyl (C=O) groups excluding carboxylic acids is 3. The molecule has 0 spiro atoms. The van der Waals surface area contributed by atoms with Crippen LogP contribution in [0.25, 0.3) is 0 Å². The predicted octanol–water partition coefficient (Wildman–Crippen LogP) is 3.67. The molecule has 9 nitrogen and oxygen atoms in total. The number of para-hydroxylation sites is 2. The Labute approximate surface area is 205 Å². The summed E-state index contributed by atoms with van der Waals surface area (Å²) in [6.45, 7) is 5.01. The summed E-state index contributed by atoms with van der Waals surface area (Å²) in [5.41, 5.74) is 0.669. The summed E-state index contributed by atoms with van der Waals surface area (Å²) in [5.74, 6) is -0.0931. The smallest absolute Gasteiger partial charge is 0.339 e. The highest BCUT2D eigenvalue weighted by Crippen LogP contribution is 2.29. The van der Waals surface area contributed by atoms with Crippen molar-refractivity contribution in [2.75, 3.05) is 38.7 Å². The highest BCUT2D eigenvalue weighted by Gasteiger charge is 2.22. The van der Waals surface area contributed by atoms with Gasteiger partial charge in [-0.3, -0.25) is 9.59 Å². The van der Waals surface area contributed by atoms with Crippen LogP contribution >= 0.6 is 0 Å². The molecule has 1 atom stereocenters. The number of hydrogen-bond acceptors (Lipinski definition) is 7. The molecule has 2 amide bonds. The summed E-state index contributed by atoms with van der Waals surface area (Å²) < 4.78 is 21.9. The Morgan fingerprint density at radius 2 is 1.71 bits per heavy atom. The minimum Gasteiger partial charge on any atom is -0.495 e. The standard InChI is InChI=1S/C26H32N2O7/c1-4-33-23-16-19(12-13-22(23)34-17-24(29)28-14-8-5-9-15-28)26(31)35-18(2)25(30)27-20-10-6-7-11-21(20)32-3/h6-7,10-13,16,18H,4-5,8-9,14-15,17H2,1-3H3,(H,27,30). The van der Waals surface area contributed by atoms with Gasteiger partial charge in [-0.2, -0.15) is 0 Å². The number of amides is 2. The van der Waals surface area contributed by atoms with Crippen molar-refractivity contribution >= 4 is 23.5 Å². The van der Waals surface area contributed by atoms with Gasteiger partial charge in [-0.25, -0.2) is 4.79 Å². The Kier molecular flexibility index (Phi) is 9.34. The second kappa shape index (κ2) is 12.6. The lowest BCUT2D eigenvalue weighted by Gasteiger charge is -2.26. The van der Waals surface area contributed by atoms with Crippen LogP contribution in [-0.2, 0) is 14.3 Å². The van der Waals surface area contributed by atoms with Crippen molar-refractivity contribution in [1.82, 2.24) is 4.90 Å². The number of ether oxygens (including phenoxy) is 4. The number of likely N-dealkylation sites (tertiary alicyclic amines) is 1. The van der Waals surface area contributed by atoms with Crippen LogP contribution in [0.1, 0.15) is 43.5 Å². The molecule has 1 unspecified atom stereocenters. The zero-order valence-electron chi connectivity index (χ0n) is 20.4. The number of anilines is 1. The van der Waals surface area contributed by atoms with Crippen LogP contribution in [0.2, 0.25) is 0 Å². The summed E-state index contributed by atoms with van der Waals surface area (Å²) in [6, 6.07) is 11.5. The van der Waals surface area contributed by atoms with Gasteiger partial charge in [0.05, 0.1) is 25.0 Å². The first-order valence-corrected chi connectivity index (χ1v) is 11.7. The molecule has 0 aromatic heterocycles. The summed E-state index contributed by atoms with van der Waals surface area (Å²) >= 11 is 0. The number of nitrogens with zero attached hydrogens (tertiary/aromatic N) is 1. The normalized spacial score (nSPS) is 14.0. The predicted molar refractivity (Wildman–Crippen MR) is 130 cm³/mol. The minimum absolute atomic E-state index is 0.0782. The fourth-order valence-corrected chi connectivity index (χ4v) is 3.66. The van der Waals surface area contributed by atoms with Crippen molar-refractivity contribution in [3.05, 3.63) is 48.0 Å². The third kappa shape index (κ3) is 7.11. The summed E-state index contributed by atoms with van der Waals surface area (Å²) in [5, 5.41) is 2.69. The molecule has 35 heavy (non-hydrogen) atoms. The molecular formula is C26H32N2O7. The van der Waals surface area contributed by atoms with Gasteiger partial charge >= 0.3 is 5.97 Å². The minimum atomic E-state index is -1.05. The third-order valence-electron chi connectivity index (χ3n) is 5.56. The molecule has 1 aliphatic heterocycles. The number of hydrogen-bond donors (Lipinski definition) is 1. The number of benzene rings is 2. The molecule has 2 aromatic carbocycles. The van der Waals surface area contributed by atoms with E-state index in [-0.39, 0.29) is 18.1 Å². The summed E-state index contributed by atoms with van der Waals surface area (Å²) in [6.07, 6.45) is 2.09. The van der Waals surface area contributed by atoms with Crippen LogP contribution in [0.15, 0.2) is 42.5 Å². The summed E-state index contributed by atoms with van der Waals surface area (Å²) in [4.78, 5) is 39.4. The number of rotatable bonds is 10. The van der Waals surface area contributed by atoms with E-state index in [0.29, 0.717) is 29.5 Å². The fraction of sp³-hybridized carbons (Fsp3) is 0.423. The lowest BCUT2D eigenvalue weighted by molar-refractivity contribution is -0.134. The zero-order chi connectivity index (χ0) is 25.2. The van der Waals surface area contributed by atoms with Crippen molar-refractivity contribution in [2.24, 2.45) is 0 Å². The quantitative estimate of drug-likeness (QED) is 0.513. The molecule has 1 saturated heterocycles. The van der Waals surface area contributed by atoms with Crippen molar-refractivity contribution in [2.45, 2.75) is 39.2 Å². The number of methoxy groups -OCH3 is 1. The Morgan fingerprint density at radius 1 is 0.971 bits per heavy atom. The Bertz CT molecular complexity index is 1030. The van der Waals surface area contributed by atoms with Crippen molar-refractivity contribution in [3.63, 3.8) is 0 Å². The van der Waals surface area contributed by atoms with Gasteiger partial charge in [0.2, 0.25) is 0 Å².